The van der Waals surface area contributed by atoms with Crippen molar-refractivity contribution in [2.75, 3.05) is 13.2 Å². The third-order valence-electron chi connectivity index (χ3n) is 3.33. The zero-order valence-corrected chi connectivity index (χ0v) is 13.8. The number of aromatic nitrogens is 1. The summed E-state index contributed by atoms with van der Waals surface area (Å²) >= 11 is 0. The number of hydrogen-bond donors (Lipinski definition) is 1. The molecule has 126 valence electrons. The molecule has 0 spiro atoms. The fourth-order valence-corrected chi connectivity index (χ4v) is 2.47. The second-order valence-electron chi connectivity index (χ2n) is 6.28. The fraction of sp³-hybridized carbons (Fsp3) is 0.562. The minimum atomic E-state index is -0.915. The molecule has 0 saturated heterocycles. The number of carbonyl (C=O) groups is 2. The second-order valence-corrected chi connectivity index (χ2v) is 6.28. The molecular formula is C16H22N2O5. The summed E-state index contributed by atoms with van der Waals surface area (Å²) < 4.78 is 10.5. The van der Waals surface area contributed by atoms with Crippen molar-refractivity contribution in [1.82, 2.24) is 9.88 Å². The number of fused-ring (bicyclic) bond motifs is 1. The van der Waals surface area contributed by atoms with Crippen molar-refractivity contribution >= 4 is 12.1 Å². The summed E-state index contributed by atoms with van der Waals surface area (Å²) in [7, 11) is 0. The van der Waals surface area contributed by atoms with Crippen molar-refractivity contribution in [3.63, 3.8) is 0 Å². The number of carbonyl (C=O) groups excluding carboxylic acids is 2. The van der Waals surface area contributed by atoms with Crippen molar-refractivity contribution in [3.05, 3.63) is 23.4 Å². The van der Waals surface area contributed by atoms with Gasteiger partial charge in [-0.1, -0.05) is 0 Å². The number of nitrogens with zero attached hydrogens (tertiary/aromatic N) is 2. The average molecular weight is 322 g/mol. The standard InChI is InChI=1S/C16H22N2O5/c1-5-22-14(20)13-10-6-7-12(19)17-11(10)8-9-18(13)15(21)23-16(2,3)4/h6-7,13H,5,8-9H2,1-4H3,(H,17,19). The van der Waals surface area contributed by atoms with Gasteiger partial charge in [-0.2, -0.15) is 0 Å². The van der Waals surface area contributed by atoms with Crippen LogP contribution in [0.25, 0.3) is 0 Å². The molecule has 2 rings (SSSR count). The van der Waals surface area contributed by atoms with Crippen LogP contribution >= 0.6 is 0 Å². The summed E-state index contributed by atoms with van der Waals surface area (Å²) in [5, 5.41) is 9.51. The van der Waals surface area contributed by atoms with Gasteiger partial charge >= 0.3 is 12.1 Å². The molecule has 1 N–H and O–H groups in total. The highest BCUT2D eigenvalue weighted by Gasteiger charge is 2.39. The molecule has 0 saturated carbocycles. The average Bonchev–Trinajstić information content (AvgIpc) is 2.44. The number of amides is 1. The molecule has 1 aliphatic rings. The van der Waals surface area contributed by atoms with Crippen LogP contribution in [0.4, 0.5) is 4.79 Å². The molecule has 7 heteroatoms. The van der Waals surface area contributed by atoms with E-state index in [9.17, 15) is 14.7 Å². The van der Waals surface area contributed by atoms with Crippen LogP contribution < -0.4 is 0 Å². The van der Waals surface area contributed by atoms with Crippen LogP contribution in [0.3, 0.4) is 0 Å². The molecule has 0 radical (unpaired) electrons. The van der Waals surface area contributed by atoms with E-state index < -0.39 is 23.7 Å². The quantitative estimate of drug-likeness (QED) is 0.840. The second kappa shape index (κ2) is 6.44. The number of ether oxygens (including phenoxy) is 2. The first-order chi connectivity index (χ1) is 10.7. The highest BCUT2D eigenvalue weighted by Crippen LogP contribution is 2.32. The molecule has 0 aliphatic carbocycles. The third kappa shape index (κ3) is 3.91. The predicted molar refractivity (Wildman–Crippen MR) is 81.9 cm³/mol. The fourth-order valence-electron chi connectivity index (χ4n) is 2.47. The molecule has 1 aliphatic heterocycles. The zero-order chi connectivity index (χ0) is 17.2. The van der Waals surface area contributed by atoms with Crippen LogP contribution in [0.15, 0.2) is 12.1 Å². The molecule has 0 fully saturated rings. The van der Waals surface area contributed by atoms with Crippen molar-refractivity contribution < 1.29 is 24.2 Å². The van der Waals surface area contributed by atoms with Gasteiger partial charge in [0.1, 0.15) is 5.60 Å². The van der Waals surface area contributed by atoms with E-state index in [1.165, 1.54) is 11.0 Å². The van der Waals surface area contributed by atoms with E-state index in [0.717, 1.165) is 0 Å². The maximum absolute atomic E-state index is 12.4. The maximum Gasteiger partial charge on any atom is 0.411 e. The van der Waals surface area contributed by atoms with Gasteiger partial charge in [0.2, 0.25) is 5.88 Å². The smallest absolute Gasteiger partial charge is 0.411 e. The van der Waals surface area contributed by atoms with Crippen LogP contribution in [0, 0.1) is 0 Å². The van der Waals surface area contributed by atoms with Crippen LogP contribution in [-0.4, -0.2) is 45.8 Å². The van der Waals surface area contributed by atoms with Gasteiger partial charge in [0.25, 0.3) is 0 Å². The molecule has 1 atom stereocenters. The molecular weight excluding hydrogens is 300 g/mol. The molecule has 2 heterocycles. The van der Waals surface area contributed by atoms with Crippen LogP contribution in [0.5, 0.6) is 5.88 Å². The topological polar surface area (TPSA) is 89.0 Å². The van der Waals surface area contributed by atoms with Crippen molar-refractivity contribution in [1.29, 1.82) is 0 Å². The maximum atomic E-state index is 12.4. The van der Waals surface area contributed by atoms with Crippen LogP contribution in [0.1, 0.15) is 45.0 Å². The van der Waals surface area contributed by atoms with Crippen LogP contribution in [-0.2, 0) is 20.7 Å². The first kappa shape index (κ1) is 17.1. The Hall–Kier alpha value is -2.31. The van der Waals surface area contributed by atoms with E-state index in [4.69, 9.17) is 9.47 Å². The highest BCUT2D eigenvalue weighted by molar-refractivity contribution is 5.84. The molecule has 1 unspecified atom stereocenters. The van der Waals surface area contributed by atoms with Gasteiger partial charge < -0.3 is 14.6 Å². The highest BCUT2D eigenvalue weighted by atomic mass is 16.6. The Morgan fingerprint density at radius 2 is 2.09 bits per heavy atom. The van der Waals surface area contributed by atoms with E-state index >= 15 is 0 Å². The summed E-state index contributed by atoms with van der Waals surface area (Å²) in [5.74, 6) is -0.649. The SMILES string of the molecule is CCOC(=O)C1c2ccc(O)nc2CCN1C(=O)OC(C)(C)C. The molecule has 1 aromatic heterocycles. The first-order valence-corrected chi connectivity index (χ1v) is 7.58. The summed E-state index contributed by atoms with van der Waals surface area (Å²) in [5.41, 5.74) is 0.477. The molecule has 23 heavy (non-hydrogen) atoms. The lowest BCUT2D eigenvalue weighted by Gasteiger charge is -2.36. The lowest BCUT2D eigenvalue weighted by molar-refractivity contribution is -0.150. The number of hydrogen-bond acceptors (Lipinski definition) is 6. The molecule has 1 aromatic rings. The molecule has 0 aromatic carbocycles. The Balaban J connectivity index is 2.37. The Kier molecular flexibility index (Phi) is 4.77. The van der Waals surface area contributed by atoms with E-state index in [0.29, 0.717) is 17.7 Å². The lowest BCUT2D eigenvalue weighted by Crippen LogP contribution is -2.46. The van der Waals surface area contributed by atoms with Gasteiger partial charge in [0.15, 0.2) is 6.04 Å². The molecule has 1 amide bonds. The predicted octanol–water partition coefficient (Wildman–Crippen LogP) is 2.18. The Bertz CT molecular complexity index is 609. The normalized spacial score (nSPS) is 17.4. The van der Waals surface area contributed by atoms with E-state index in [-0.39, 0.29) is 19.0 Å². The zero-order valence-electron chi connectivity index (χ0n) is 13.8. The number of pyridine rings is 1. The van der Waals surface area contributed by atoms with E-state index in [2.05, 4.69) is 4.98 Å². The summed E-state index contributed by atoms with van der Waals surface area (Å²) in [6.07, 6.45) is -0.145. The van der Waals surface area contributed by atoms with Gasteiger partial charge in [-0.25, -0.2) is 14.6 Å². The van der Waals surface area contributed by atoms with Gasteiger partial charge in [0.05, 0.1) is 12.3 Å². The third-order valence-corrected chi connectivity index (χ3v) is 3.33. The Morgan fingerprint density at radius 1 is 1.39 bits per heavy atom. The van der Waals surface area contributed by atoms with Crippen molar-refractivity contribution in [3.8, 4) is 5.88 Å². The number of rotatable bonds is 2. The summed E-state index contributed by atoms with van der Waals surface area (Å²) in [6, 6.07) is 2.07. The number of aromatic hydroxyl groups is 1. The van der Waals surface area contributed by atoms with E-state index in [1.807, 2.05) is 0 Å². The number of esters is 1. The summed E-state index contributed by atoms with van der Waals surface area (Å²) in [6.45, 7) is 7.47. The monoisotopic (exact) mass is 322 g/mol. The van der Waals surface area contributed by atoms with Gasteiger partial charge in [0, 0.05) is 24.6 Å². The van der Waals surface area contributed by atoms with E-state index in [1.54, 1.807) is 33.8 Å². The molecule has 0 bridgehead atoms. The van der Waals surface area contributed by atoms with Gasteiger partial charge in [-0.3, -0.25) is 4.90 Å². The Morgan fingerprint density at radius 3 is 2.70 bits per heavy atom. The summed E-state index contributed by atoms with van der Waals surface area (Å²) in [4.78, 5) is 30.2. The van der Waals surface area contributed by atoms with Gasteiger partial charge in [-0.05, 0) is 33.8 Å². The minimum Gasteiger partial charge on any atom is -0.493 e. The first-order valence-electron chi connectivity index (χ1n) is 7.58. The lowest BCUT2D eigenvalue weighted by atomic mass is 9.97. The largest absolute Gasteiger partial charge is 0.493 e. The Labute approximate surface area is 135 Å². The van der Waals surface area contributed by atoms with Crippen molar-refractivity contribution in [2.45, 2.75) is 45.8 Å². The van der Waals surface area contributed by atoms with Crippen molar-refractivity contribution in [2.24, 2.45) is 0 Å². The molecule has 7 nitrogen and oxygen atoms in total. The van der Waals surface area contributed by atoms with Crippen LogP contribution in [0.2, 0.25) is 0 Å². The van der Waals surface area contributed by atoms with Gasteiger partial charge in [-0.15, -0.1) is 0 Å². The minimum absolute atomic E-state index is 0.114.